The van der Waals surface area contributed by atoms with Crippen LogP contribution in [0.5, 0.6) is 0 Å². The van der Waals surface area contributed by atoms with Crippen LogP contribution in [-0.2, 0) is 16.1 Å². The lowest BCUT2D eigenvalue weighted by Gasteiger charge is -2.32. The number of anilines is 1. The van der Waals surface area contributed by atoms with Crippen molar-refractivity contribution in [1.29, 1.82) is 0 Å². The Morgan fingerprint density at radius 2 is 2.03 bits per heavy atom. The topological polar surface area (TPSA) is 58.6 Å². The Morgan fingerprint density at radius 1 is 1.24 bits per heavy atom. The lowest BCUT2D eigenvalue weighted by Crippen LogP contribution is -2.40. The molecule has 3 rings (SSSR count). The highest BCUT2D eigenvalue weighted by atomic mass is 35.5. The maximum absolute atomic E-state index is 12.9. The number of hydrogen-bond acceptors (Lipinski definition) is 4. The highest BCUT2D eigenvalue weighted by Crippen LogP contribution is 2.24. The van der Waals surface area contributed by atoms with Crippen LogP contribution >= 0.6 is 11.6 Å². The first kappa shape index (κ1) is 21.3. The molecule has 1 atom stereocenters. The quantitative estimate of drug-likeness (QED) is 0.697. The molecule has 0 bridgehead atoms. The number of carbonyl (C=O) groups excluding carboxylic acids is 2. The minimum atomic E-state index is -0.351. The highest BCUT2D eigenvalue weighted by Gasteiger charge is 2.26. The smallest absolute Gasteiger partial charge is 0.338 e. The van der Waals surface area contributed by atoms with Crippen molar-refractivity contribution in [2.24, 2.45) is 5.92 Å². The molecule has 154 valence electrons. The van der Waals surface area contributed by atoms with Crippen LogP contribution in [0.25, 0.3) is 0 Å². The van der Waals surface area contributed by atoms with Crippen LogP contribution in [0.15, 0.2) is 42.5 Å². The monoisotopic (exact) mass is 414 g/mol. The van der Waals surface area contributed by atoms with Crippen LogP contribution in [0, 0.1) is 12.8 Å². The molecule has 2 aromatic carbocycles. The third-order valence-corrected chi connectivity index (χ3v) is 5.59. The summed E-state index contributed by atoms with van der Waals surface area (Å²) in [7, 11) is 0. The third kappa shape index (κ3) is 5.58. The number of esters is 1. The van der Waals surface area contributed by atoms with Gasteiger partial charge in [-0.25, -0.2) is 4.79 Å². The van der Waals surface area contributed by atoms with Crippen LogP contribution in [0.4, 0.5) is 5.69 Å². The molecule has 1 N–H and O–H groups in total. The van der Waals surface area contributed by atoms with Gasteiger partial charge in [0, 0.05) is 23.8 Å². The van der Waals surface area contributed by atoms with E-state index in [1.54, 1.807) is 25.1 Å². The molecule has 1 saturated heterocycles. The van der Waals surface area contributed by atoms with Crippen molar-refractivity contribution in [1.82, 2.24) is 4.90 Å². The van der Waals surface area contributed by atoms with Crippen LogP contribution in [-0.4, -0.2) is 36.5 Å². The van der Waals surface area contributed by atoms with E-state index in [-0.39, 0.29) is 17.8 Å². The molecule has 0 aliphatic carbocycles. The molecule has 2 aromatic rings. The molecule has 0 saturated carbocycles. The Bertz CT molecular complexity index is 884. The second kappa shape index (κ2) is 9.90. The molecular formula is C23H27ClN2O3. The van der Waals surface area contributed by atoms with Crippen molar-refractivity contribution in [3.05, 3.63) is 64.2 Å². The summed E-state index contributed by atoms with van der Waals surface area (Å²) in [6.07, 6.45) is 1.84. The minimum Gasteiger partial charge on any atom is -0.462 e. The highest BCUT2D eigenvalue weighted by molar-refractivity contribution is 6.31. The normalized spacial score (nSPS) is 17.0. The molecule has 0 spiro atoms. The summed E-state index contributed by atoms with van der Waals surface area (Å²) in [6, 6.07) is 13.0. The lowest BCUT2D eigenvalue weighted by atomic mass is 9.96. The Morgan fingerprint density at radius 3 is 2.76 bits per heavy atom. The van der Waals surface area contributed by atoms with Crippen LogP contribution in [0.2, 0.25) is 5.02 Å². The molecule has 0 aromatic heterocycles. The molecule has 0 unspecified atom stereocenters. The summed E-state index contributed by atoms with van der Waals surface area (Å²) in [5.74, 6) is -0.410. The third-order valence-electron chi connectivity index (χ3n) is 5.22. The summed E-state index contributed by atoms with van der Waals surface area (Å²) >= 11 is 6.28. The van der Waals surface area contributed by atoms with Crippen molar-refractivity contribution >= 4 is 29.2 Å². The number of benzene rings is 2. The zero-order valence-corrected chi connectivity index (χ0v) is 17.7. The second-order valence-corrected chi connectivity index (χ2v) is 7.81. The number of aryl methyl sites for hydroxylation is 1. The van der Waals surface area contributed by atoms with Gasteiger partial charge in [-0.3, -0.25) is 9.69 Å². The van der Waals surface area contributed by atoms with E-state index in [0.717, 1.165) is 47.8 Å². The number of carbonyl (C=O) groups is 2. The first-order chi connectivity index (χ1) is 14.0. The van der Waals surface area contributed by atoms with Gasteiger partial charge in [0.15, 0.2) is 0 Å². The molecule has 1 heterocycles. The van der Waals surface area contributed by atoms with Crippen LogP contribution in [0.1, 0.15) is 41.3 Å². The van der Waals surface area contributed by atoms with Crippen LogP contribution in [0.3, 0.4) is 0 Å². The van der Waals surface area contributed by atoms with Gasteiger partial charge in [-0.15, -0.1) is 0 Å². The molecule has 1 aliphatic heterocycles. The summed E-state index contributed by atoms with van der Waals surface area (Å²) in [6.45, 7) is 6.40. The van der Waals surface area contributed by atoms with Crippen molar-refractivity contribution in [2.45, 2.75) is 33.2 Å². The number of halogens is 1. The van der Waals surface area contributed by atoms with Gasteiger partial charge >= 0.3 is 5.97 Å². The number of amides is 1. The number of piperidine rings is 1. The number of nitrogens with zero attached hydrogens (tertiary/aromatic N) is 1. The Hall–Kier alpha value is -2.37. The van der Waals surface area contributed by atoms with Gasteiger partial charge in [0.2, 0.25) is 5.91 Å². The van der Waals surface area contributed by atoms with Crippen molar-refractivity contribution in [3.63, 3.8) is 0 Å². The maximum Gasteiger partial charge on any atom is 0.338 e. The van der Waals surface area contributed by atoms with Gasteiger partial charge in [-0.2, -0.15) is 0 Å². The molecule has 1 aliphatic rings. The molecule has 5 nitrogen and oxygen atoms in total. The zero-order chi connectivity index (χ0) is 20.8. The Kier molecular flexibility index (Phi) is 7.29. The molecule has 0 radical (unpaired) electrons. The van der Waals surface area contributed by atoms with Gasteiger partial charge < -0.3 is 10.1 Å². The van der Waals surface area contributed by atoms with E-state index in [9.17, 15) is 9.59 Å². The number of likely N-dealkylation sites (tertiary alicyclic amines) is 1. The summed E-state index contributed by atoms with van der Waals surface area (Å²) in [5, 5.41) is 3.79. The largest absolute Gasteiger partial charge is 0.462 e. The first-order valence-corrected chi connectivity index (χ1v) is 10.4. The van der Waals surface area contributed by atoms with E-state index in [0.29, 0.717) is 18.7 Å². The zero-order valence-electron chi connectivity index (χ0n) is 16.9. The molecule has 6 heteroatoms. The summed E-state index contributed by atoms with van der Waals surface area (Å²) in [5.41, 5.74) is 3.14. The van der Waals surface area contributed by atoms with Crippen molar-refractivity contribution in [3.8, 4) is 0 Å². The minimum absolute atomic E-state index is 0.0147. The second-order valence-electron chi connectivity index (χ2n) is 7.41. The lowest BCUT2D eigenvalue weighted by molar-refractivity contribution is -0.121. The molecular weight excluding hydrogens is 388 g/mol. The standard InChI is InChI=1S/C23H27ClN2O3/c1-3-29-23(28)17-10-11-21(16(2)13-17)25-22(27)19-8-6-12-26(15-19)14-18-7-4-5-9-20(18)24/h4-5,7,9-11,13,19H,3,6,8,12,14-15H2,1-2H3,(H,25,27)/t19-/m1/s1. The summed E-state index contributed by atoms with van der Waals surface area (Å²) < 4.78 is 5.03. The molecule has 29 heavy (non-hydrogen) atoms. The number of hydrogen-bond donors (Lipinski definition) is 1. The number of ether oxygens (including phenoxy) is 1. The Balaban J connectivity index is 1.61. The van der Waals surface area contributed by atoms with E-state index in [2.05, 4.69) is 10.2 Å². The van der Waals surface area contributed by atoms with Crippen molar-refractivity contribution < 1.29 is 14.3 Å². The van der Waals surface area contributed by atoms with E-state index in [4.69, 9.17) is 16.3 Å². The summed E-state index contributed by atoms with van der Waals surface area (Å²) in [4.78, 5) is 27.0. The van der Waals surface area contributed by atoms with E-state index in [1.165, 1.54) is 0 Å². The van der Waals surface area contributed by atoms with Gasteiger partial charge in [0.25, 0.3) is 0 Å². The predicted octanol–water partition coefficient (Wildman–Crippen LogP) is 4.68. The van der Waals surface area contributed by atoms with Crippen molar-refractivity contribution in [2.75, 3.05) is 25.0 Å². The Labute approximate surface area is 177 Å². The van der Waals surface area contributed by atoms with Gasteiger partial charge in [0.05, 0.1) is 18.1 Å². The SMILES string of the molecule is CCOC(=O)c1ccc(NC(=O)[C@@H]2CCCN(Cc3ccccc3Cl)C2)c(C)c1. The van der Waals surface area contributed by atoms with Gasteiger partial charge in [-0.05, 0) is 68.6 Å². The fourth-order valence-electron chi connectivity index (χ4n) is 3.66. The fraction of sp³-hybridized carbons (Fsp3) is 0.391. The maximum atomic E-state index is 12.9. The van der Waals surface area contributed by atoms with Crippen LogP contribution < -0.4 is 5.32 Å². The van der Waals surface area contributed by atoms with E-state index in [1.807, 2.05) is 31.2 Å². The van der Waals surface area contributed by atoms with E-state index >= 15 is 0 Å². The molecule has 1 fully saturated rings. The molecule has 1 amide bonds. The van der Waals surface area contributed by atoms with Gasteiger partial charge in [-0.1, -0.05) is 29.8 Å². The first-order valence-electron chi connectivity index (χ1n) is 10.0. The fourth-order valence-corrected chi connectivity index (χ4v) is 3.86. The average Bonchev–Trinajstić information content (AvgIpc) is 2.71. The van der Waals surface area contributed by atoms with Gasteiger partial charge in [0.1, 0.15) is 0 Å². The number of rotatable bonds is 6. The number of nitrogens with one attached hydrogen (secondary N) is 1. The average molecular weight is 415 g/mol. The van der Waals surface area contributed by atoms with E-state index < -0.39 is 0 Å². The predicted molar refractivity (Wildman–Crippen MR) is 115 cm³/mol.